The third-order valence-corrected chi connectivity index (χ3v) is 4.85. The van der Waals surface area contributed by atoms with Gasteiger partial charge < -0.3 is 30.1 Å². The van der Waals surface area contributed by atoms with Crippen LogP contribution in [-0.4, -0.2) is 68.7 Å². The normalized spacial score (nSPS) is 35.8. The van der Waals surface area contributed by atoms with Crippen molar-refractivity contribution < 1.29 is 39.3 Å². The Morgan fingerprint density at radius 2 is 2.00 bits per heavy atom. The van der Waals surface area contributed by atoms with Gasteiger partial charge in [0.1, 0.15) is 12.2 Å². The number of carboxylic acids is 1. The number of aliphatic hydroxyl groups is 3. The molecule has 2 fully saturated rings. The van der Waals surface area contributed by atoms with Crippen LogP contribution < -0.4 is 4.57 Å². The highest BCUT2D eigenvalue weighted by molar-refractivity contribution is 5.78. The maximum Gasteiger partial charge on any atom is 0.335 e. The SMILES string of the molecule is CN1C(=O)CC[C@H]1c1ccc[n+]([C@@H]2O[C@H](C(=O)O)[C@@H](O)[C@H](O)[C@H]2O)c1. The summed E-state index contributed by atoms with van der Waals surface area (Å²) in [6, 6.07) is 3.40. The van der Waals surface area contributed by atoms with Crippen LogP contribution in [0.1, 0.15) is 30.7 Å². The van der Waals surface area contributed by atoms with Gasteiger partial charge in [-0.2, -0.15) is 4.57 Å². The topological polar surface area (TPSA) is 131 Å². The summed E-state index contributed by atoms with van der Waals surface area (Å²) in [5.41, 5.74) is 0.805. The standard InChI is InChI=1S/C16H20N2O7/c1-17-9(4-5-10(17)19)8-3-2-6-18(7-8)15-13(22)11(20)12(21)14(25-15)16(23)24/h2-3,6-7,9,11-15,20-22H,4-5H2,1H3/p+1/t9-,11-,12-,13+,14-,15+/m0/s1. The highest BCUT2D eigenvalue weighted by Crippen LogP contribution is 2.31. The molecular weight excluding hydrogens is 332 g/mol. The van der Waals surface area contributed by atoms with Crippen molar-refractivity contribution in [2.24, 2.45) is 0 Å². The maximum absolute atomic E-state index is 11.7. The van der Waals surface area contributed by atoms with Crippen LogP contribution in [0.2, 0.25) is 0 Å². The monoisotopic (exact) mass is 353 g/mol. The molecule has 1 amide bonds. The van der Waals surface area contributed by atoms with Gasteiger partial charge in [0.15, 0.2) is 24.6 Å². The van der Waals surface area contributed by atoms with E-state index in [1.165, 1.54) is 4.57 Å². The summed E-state index contributed by atoms with van der Waals surface area (Å²) in [7, 11) is 1.71. The maximum atomic E-state index is 11.7. The number of pyridine rings is 1. The smallest absolute Gasteiger partial charge is 0.335 e. The lowest BCUT2D eigenvalue weighted by atomic mass is 9.97. The van der Waals surface area contributed by atoms with E-state index in [0.29, 0.717) is 12.8 Å². The number of carbonyl (C=O) groups excluding carboxylic acids is 1. The van der Waals surface area contributed by atoms with Crippen LogP contribution in [0.4, 0.5) is 0 Å². The van der Waals surface area contributed by atoms with Crippen LogP contribution in [0.5, 0.6) is 0 Å². The number of carbonyl (C=O) groups is 2. The van der Waals surface area contributed by atoms with Gasteiger partial charge in [0, 0.05) is 25.1 Å². The number of amides is 1. The van der Waals surface area contributed by atoms with Gasteiger partial charge in [-0.15, -0.1) is 0 Å². The number of nitrogens with zero attached hydrogens (tertiary/aromatic N) is 2. The van der Waals surface area contributed by atoms with Crippen molar-refractivity contribution in [3.8, 4) is 0 Å². The van der Waals surface area contributed by atoms with Crippen LogP contribution in [0, 0.1) is 0 Å². The van der Waals surface area contributed by atoms with Crippen LogP contribution in [0.15, 0.2) is 24.5 Å². The number of likely N-dealkylation sites (tertiary alicyclic amines) is 1. The number of aliphatic carboxylic acids is 1. The number of rotatable bonds is 3. The average Bonchev–Trinajstić information content (AvgIpc) is 2.92. The van der Waals surface area contributed by atoms with Gasteiger partial charge in [0.25, 0.3) is 6.23 Å². The molecule has 2 aliphatic rings. The number of ether oxygens (including phenoxy) is 1. The second-order valence-corrected chi connectivity index (χ2v) is 6.40. The zero-order valence-electron chi connectivity index (χ0n) is 13.6. The van der Waals surface area contributed by atoms with E-state index in [0.717, 1.165) is 5.56 Å². The molecule has 9 nitrogen and oxygen atoms in total. The van der Waals surface area contributed by atoms with E-state index in [-0.39, 0.29) is 11.9 Å². The first-order valence-corrected chi connectivity index (χ1v) is 8.00. The van der Waals surface area contributed by atoms with Gasteiger partial charge in [-0.3, -0.25) is 4.79 Å². The Kier molecular flexibility index (Phi) is 4.74. The Labute approximate surface area is 143 Å². The quantitative estimate of drug-likeness (QED) is 0.478. The molecule has 0 bridgehead atoms. The predicted molar refractivity (Wildman–Crippen MR) is 80.9 cm³/mol. The molecule has 0 saturated carbocycles. The molecule has 0 spiro atoms. The minimum absolute atomic E-state index is 0.0406. The summed E-state index contributed by atoms with van der Waals surface area (Å²) in [5, 5.41) is 39.0. The van der Waals surface area contributed by atoms with E-state index < -0.39 is 36.6 Å². The third-order valence-electron chi connectivity index (χ3n) is 4.85. The van der Waals surface area contributed by atoms with Gasteiger partial charge in [-0.1, -0.05) is 0 Å². The molecule has 0 radical (unpaired) electrons. The molecule has 1 aromatic rings. The fourth-order valence-corrected chi connectivity index (χ4v) is 3.37. The lowest BCUT2D eigenvalue weighted by Gasteiger charge is -2.35. The molecule has 9 heteroatoms. The van der Waals surface area contributed by atoms with Crippen LogP contribution in [0.3, 0.4) is 0 Å². The first kappa shape index (κ1) is 17.7. The molecule has 25 heavy (non-hydrogen) atoms. The summed E-state index contributed by atoms with van der Waals surface area (Å²) >= 11 is 0. The molecule has 3 heterocycles. The van der Waals surface area contributed by atoms with E-state index in [4.69, 9.17) is 9.84 Å². The fourth-order valence-electron chi connectivity index (χ4n) is 3.37. The molecule has 2 aliphatic heterocycles. The zero-order chi connectivity index (χ0) is 18.3. The molecule has 0 aliphatic carbocycles. The van der Waals surface area contributed by atoms with E-state index in [1.54, 1.807) is 30.4 Å². The average molecular weight is 353 g/mol. The van der Waals surface area contributed by atoms with Crippen molar-refractivity contribution in [3.05, 3.63) is 30.1 Å². The number of carboxylic acid groups (broad SMARTS) is 1. The number of hydrogen-bond acceptors (Lipinski definition) is 6. The van der Waals surface area contributed by atoms with Crippen LogP contribution in [0.25, 0.3) is 0 Å². The van der Waals surface area contributed by atoms with E-state index in [9.17, 15) is 24.9 Å². The van der Waals surface area contributed by atoms with Gasteiger partial charge in [0.2, 0.25) is 5.91 Å². The Bertz CT molecular complexity index is 682. The Morgan fingerprint density at radius 1 is 1.28 bits per heavy atom. The lowest BCUT2D eigenvalue weighted by molar-refractivity contribution is -0.777. The van der Waals surface area contributed by atoms with Crippen molar-refractivity contribution in [2.75, 3.05) is 7.05 Å². The molecule has 0 aromatic carbocycles. The molecule has 3 rings (SSSR count). The number of hydrogen-bond donors (Lipinski definition) is 4. The summed E-state index contributed by atoms with van der Waals surface area (Å²) in [4.78, 5) is 24.6. The van der Waals surface area contributed by atoms with E-state index in [1.807, 2.05) is 6.07 Å². The van der Waals surface area contributed by atoms with Gasteiger partial charge in [-0.05, 0) is 12.5 Å². The van der Waals surface area contributed by atoms with Crippen molar-refractivity contribution in [3.63, 3.8) is 0 Å². The molecule has 0 unspecified atom stereocenters. The second-order valence-electron chi connectivity index (χ2n) is 6.40. The van der Waals surface area contributed by atoms with Gasteiger partial charge in [-0.25, -0.2) is 4.79 Å². The van der Waals surface area contributed by atoms with Crippen molar-refractivity contribution >= 4 is 11.9 Å². The van der Waals surface area contributed by atoms with E-state index in [2.05, 4.69) is 0 Å². The molecule has 4 N–H and O–H groups in total. The van der Waals surface area contributed by atoms with Crippen molar-refractivity contribution in [1.29, 1.82) is 0 Å². The molecule has 6 atom stereocenters. The predicted octanol–water partition coefficient (Wildman–Crippen LogP) is -1.67. The molecule has 1 aromatic heterocycles. The summed E-state index contributed by atoms with van der Waals surface area (Å²) < 4.78 is 6.76. The minimum atomic E-state index is -1.73. The van der Waals surface area contributed by atoms with Gasteiger partial charge in [0.05, 0.1) is 6.04 Å². The Hall–Kier alpha value is -2.07. The first-order valence-electron chi connectivity index (χ1n) is 8.00. The van der Waals surface area contributed by atoms with Gasteiger partial charge >= 0.3 is 5.97 Å². The van der Waals surface area contributed by atoms with Crippen LogP contribution >= 0.6 is 0 Å². The summed E-state index contributed by atoms with van der Waals surface area (Å²) in [5.74, 6) is -1.39. The number of aliphatic hydroxyl groups excluding tert-OH is 3. The Morgan fingerprint density at radius 3 is 2.60 bits per heavy atom. The van der Waals surface area contributed by atoms with Crippen molar-refractivity contribution in [1.82, 2.24) is 4.90 Å². The van der Waals surface area contributed by atoms with Crippen molar-refractivity contribution in [2.45, 2.75) is 49.5 Å². The molecular formula is C16H21N2O7+. The summed E-state index contributed by atoms with van der Waals surface area (Å²) in [6.45, 7) is 0. The number of aromatic nitrogens is 1. The highest BCUT2D eigenvalue weighted by atomic mass is 16.6. The minimum Gasteiger partial charge on any atom is -0.479 e. The molecule has 136 valence electrons. The highest BCUT2D eigenvalue weighted by Gasteiger charge is 2.51. The largest absolute Gasteiger partial charge is 0.479 e. The lowest BCUT2D eigenvalue weighted by Crippen LogP contribution is -2.63. The van der Waals surface area contributed by atoms with Crippen LogP contribution in [-0.2, 0) is 14.3 Å². The third kappa shape index (κ3) is 3.11. The fraction of sp³-hybridized carbons (Fsp3) is 0.562. The van der Waals surface area contributed by atoms with E-state index >= 15 is 0 Å². The second kappa shape index (κ2) is 6.68. The molecule has 2 saturated heterocycles. The zero-order valence-corrected chi connectivity index (χ0v) is 13.6. The Balaban J connectivity index is 1.89. The first-order chi connectivity index (χ1) is 11.8. The summed E-state index contributed by atoms with van der Waals surface area (Å²) in [6.07, 6.45) is -3.41.